The molecular weight excluding hydrogens is 416 g/mol. The van der Waals surface area contributed by atoms with Crippen LogP contribution in [0.4, 0.5) is 11.4 Å². The second-order valence-electron chi connectivity index (χ2n) is 3.87. The van der Waals surface area contributed by atoms with E-state index in [1.165, 1.54) is 0 Å². The molecule has 0 spiro atoms. The smallest absolute Gasteiger partial charge is 0.272 e. The molecule has 2 rings (SSSR count). The third kappa shape index (κ3) is 3.13. The molecule has 0 fully saturated rings. The molecule has 1 aromatic heterocycles. The van der Waals surface area contributed by atoms with Crippen molar-refractivity contribution in [1.82, 2.24) is 0 Å². The number of thiophene rings is 1. The maximum atomic E-state index is 12.3. The number of sulfonamides is 1. The Morgan fingerprint density at radius 3 is 2.47 bits per heavy atom. The minimum Gasteiger partial charge on any atom is -0.397 e. The van der Waals surface area contributed by atoms with Gasteiger partial charge in [-0.3, -0.25) is 4.72 Å². The summed E-state index contributed by atoms with van der Waals surface area (Å²) in [6.07, 6.45) is 0. The highest BCUT2D eigenvalue weighted by Gasteiger charge is 2.21. The van der Waals surface area contributed by atoms with Crippen LogP contribution in [0.2, 0.25) is 0 Å². The van der Waals surface area contributed by atoms with Crippen molar-refractivity contribution in [3.63, 3.8) is 0 Å². The molecule has 102 valence electrons. The van der Waals surface area contributed by atoms with Crippen molar-refractivity contribution in [2.24, 2.45) is 0 Å². The van der Waals surface area contributed by atoms with Gasteiger partial charge in [0, 0.05) is 8.95 Å². The third-order valence-corrected chi connectivity index (χ3v) is 6.98. The van der Waals surface area contributed by atoms with Gasteiger partial charge in [0.1, 0.15) is 0 Å². The number of hydrogen-bond donors (Lipinski definition) is 2. The Balaban J connectivity index is 2.45. The molecule has 1 heterocycles. The molecule has 1 aromatic carbocycles. The molecule has 19 heavy (non-hydrogen) atoms. The minimum absolute atomic E-state index is 0.222. The van der Waals surface area contributed by atoms with Gasteiger partial charge in [0.2, 0.25) is 0 Å². The van der Waals surface area contributed by atoms with Crippen molar-refractivity contribution in [2.45, 2.75) is 11.1 Å². The van der Waals surface area contributed by atoms with E-state index in [2.05, 4.69) is 36.6 Å². The molecular formula is C11H10Br2N2O2S2. The zero-order valence-electron chi connectivity index (χ0n) is 9.78. The first-order valence-corrected chi connectivity index (χ1v) is 9.07. The van der Waals surface area contributed by atoms with Gasteiger partial charge in [0.15, 0.2) is 4.21 Å². The van der Waals surface area contributed by atoms with Crippen LogP contribution in [0.5, 0.6) is 0 Å². The summed E-state index contributed by atoms with van der Waals surface area (Å²) in [5, 5.41) is 1.70. The van der Waals surface area contributed by atoms with Gasteiger partial charge in [-0.1, -0.05) is 0 Å². The Morgan fingerprint density at radius 2 is 1.95 bits per heavy atom. The van der Waals surface area contributed by atoms with Crippen LogP contribution in [-0.4, -0.2) is 8.42 Å². The van der Waals surface area contributed by atoms with Gasteiger partial charge in [-0.15, -0.1) is 11.3 Å². The first-order valence-electron chi connectivity index (χ1n) is 5.12. The molecule has 2 aromatic rings. The van der Waals surface area contributed by atoms with Crippen LogP contribution >= 0.6 is 43.2 Å². The van der Waals surface area contributed by atoms with E-state index in [9.17, 15) is 8.42 Å². The van der Waals surface area contributed by atoms with E-state index in [0.717, 1.165) is 16.9 Å². The highest BCUT2D eigenvalue weighted by molar-refractivity contribution is 9.11. The van der Waals surface area contributed by atoms with Gasteiger partial charge in [0.25, 0.3) is 10.0 Å². The number of halogens is 2. The number of rotatable bonds is 3. The number of nitrogens with one attached hydrogen (secondary N) is 1. The summed E-state index contributed by atoms with van der Waals surface area (Å²) in [7, 11) is -3.65. The molecule has 0 saturated heterocycles. The SMILES string of the molecule is Cc1cc(N)c(NS(=O)(=O)c2sccc2Br)c(Br)c1. The summed E-state index contributed by atoms with van der Waals surface area (Å²) in [6, 6.07) is 5.20. The van der Waals surface area contributed by atoms with E-state index in [1.807, 2.05) is 6.92 Å². The van der Waals surface area contributed by atoms with Gasteiger partial charge >= 0.3 is 0 Å². The number of nitrogens with two attached hydrogens (primary N) is 1. The third-order valence-electron chi connectivity index (χ3n) is 2.33. The monoisotopic (exact) mass is 424 g/mol. The van der Waals surface area contributed by atoms with Crippen molar-refractivity contribution in [1.29, 1.82) is 0 Å². The van der Waals surface area contributed by atoms with E-state index >= 15 is 0 Å². The molecule has 0 unspecified atom stereocenters. The number of aryl methyl sites for hydroxylation is 1. The normalized spacial score (nSPS) is 11.5. The Labute approximate surface area is 132 Å². The Kier molecular flexibility index (Phi) is 4.24. The van der Waals surface area contributed by atoms with Crippen LogP contribution in [0.25, 0.3) is 0 Å². The lowest BCUT2D eigenvalue weighted by Gasteiger charge is -2.12. The number of nitrogen functional groups attached to an aromatic ring is 1. The summed E-state index contributed by atoms with van der Waals surface area (Å²) in [4.78, 5) is 0. The topological polar surface area (TPSA) is 72.2 Å². The van der Waals surface area contributed by atoms with Crippen LogP contribution in [0.1, 0.15) is 5.56 Å². The summed E-state index contributed by atoms with van der Waals surface area (Å²) in [5.41, 5.74) is 7.53. The first-order chi connectivity index (χ1) is 8.81. The fourth-order valence-corrected chi connectivity index (χ4v) is 5.80. The van der Waals surface area contributed by atoms with E-state index in [-0.39, 0.29) is 4.21 Å². The van der Waals surface area contributed by atoms with Crippen molar-refractivity contribution in [3.05, 3.63) is 38.1 Å². The van der Waals surface area contributed by atoms with E-state index in [1.54, 1.807) is 23.6 Å². The van der Waals surface area contributed by atoms with E-state index in [4.69, 9.17) is 5.73 Å². The van der Waals surface area contributed by atoms with Gasteiger partial charge in [-0.05, 0) is 67.9 Å². The largest absolute Gasteiger partial charge is 0.397 e. The zero-order valence-corrected chi connectivity index (χ0v) is 14.6. The van der Waals surface area contributed by atoms with Crippen LogP contribution in [0.3, 0.4) is 0 Å². The van der Waals surface area contributed by atoms with Crippen LogP contribution in [0.15, 0.2) is 36.7 Å². The van der Waals surface area contributed by atoms with Crippen LogP contribution in [0, 0.1) is 6.92 Å². The number of hydrogen-bond acceptors (Lipinski definition) is 4. The lowest BCUT2D eigenvalue weighted by molar-refractivity contribution is 0.603. The number of anilines is 2. The van der Waals surface area contributed by atoms with Gasteiger partial charge < -0.3 is 5.73 Å². The van der Waals surface area contributed by atoms with Gasteiger partial charge in [-0.25, -0.2) is 8.42 Å². The molecule has 0 aliphatic heterocycles. The average molecular weight is 426 g/mol. The second kappa shape index (κ2) is 5.43. The first kappa shape index (κ1) is 14.8. The zero-order chi connectivity index (χ0) is 14.2. The second-order valence-corrected chi connectivity index (χ2v) is 8.37. The average Bonchev–Trinajstić information content (AvgIpc) is 2.70. The lowest BCUT2D eigenvalue weighted by Crippen LogP contribution is -2.14. The van der Waals surface area contributed by atoms with Gasteiger partial charge in [-0.2, -0.15) is 0 Å². The highest BCUT2D eigenvalue weighted by Crippen LogP contribution is 2.34. The molecule has 0 amide bonds. The Bertz CT molecular complexity index is 703. The summed E-state index contributed by atoms with van der Waals surface area (Å²) in [6.45, 7) is 1.88. The molecule has 0 saturated carbocycles. The van der Waals surface area contributed by atoms with Crippen molar-refractivity contribution in [2.75, 3.05) is 10.5 Å². The quantitative estimate of drug-likeness (QED) is 0.730. The summed E-state index contributed by atoms with van der Waals surface area (Å²) < 4.78 is 28.4. The van der Waals surface area contributed by atoms with Crippen molar-refractivity contribution >= 4 is 64.6 Å². The van der Waals surface area contributed by atoms with Crippen molar-refractivity contribution < 1.29 is 8.42 Å². The van der Waals surface area contributed by atoms with Gasteiger partial charge in [0.05, 0.1) is 11.4 Å². The predicted octanol–water partition coefficient (Wildman–Crippen LogP) is 3.96. The lowest BCUT2D eigenvalue weighted by atomic mass is 10.2. The number of benzene rings is 1. The fourth-order valence-electron chi connectivity index (χ4n) is 1.53. The molecule has 0 aliphatic carbocycles. The van der Waals surface area contributed by atoms with Crippen molar-refractivity contribution in [3.8, 4) is 0 Å². The summed E-state index contributed by atoms with van der Waals surface area (Å²) >= 11 is 7.67. The predicted molar refractivity (Wildman–Crippen MR) is 86.1 cm³/mol. The fraction of sp³-hybridized carbons (Fsp3) is 0.0909. The van der Waals surface area contributed by atoms with Crippen LogP contribution in [-0.2, 0) is 10.0 Å². The van der Waals surface area contributed by atoms with E-state index in [0.29, 0.717) is 20.3 Å². The van der Waals surface area contributed by atoms with E-state index < -0.39 is 10.0 Å². The maximum absolute atomic E-state index is 12.3. The molecule has 4 nitrogen and oxygen atoms in total. The molecule has 0 aliphatic rings. The standard InChI is InChI=1S/C11H10Br2N2O2S2/c1-6-4-8(13)10(9(14)5-6)15-19(16,17)11-7(12)2-3-18-11/h2-5,15H,14H2,1H3. The molecule has 8 heteroatoms. The summed E-state index contributed by atoms with van der Waals surface area (Å²) in [5.74, 6) is 0. The van der Waals surface area contributed by atoms with Crippen LogP contribution < -0.4 is 10.5 Å². The maximum Gasteiger partial charge on any atom is 0.272 e. The molecule has 0 radical (unpaired) electrons. The Morgan fingerprint density at radius 1 is 1.26 bits per heavy atom. The minimum atomic E-state index is -3.65. The molecule has 0 bridgehead atoms. The molecule has 3 N–H and O–H groups in total. The highest BCUT2D eigenvalue weighted by atomic mass is 79.9. The Hall–Kier alpha value is -0.570. The molecule has 0 atom stereocenters.